The minimum Gasteiger partial charge on any atom is -0.360 e. The molecule has 0 aromatic heterocycles. The van der Waals surface area contributed by atoms with Crippen LogP contribution in [0.5, 0.6) is 0 Å². The second kappa shape index (κ2) is 8.28. The minimum atomic E-state index is -4.08. The molecule has 0 amide bonds. The van der Waals surface area contributed by atoms with Gasteiger partial charge in [0.1, 0.15) is 0 Å². The van der Waals surface area contributed by atoms with E-state index in [-0.39, 0.29) is 11.4 Å². The number of fused-ring (bicyclic) bond motifs is 4. The Kier molecular flexibility index (Phi) is 5.19. The first-order valence-electron chi connectivity index (χ1n) is 11.2. The van der Waals surface area contributed by atoms with Gasteiger partial charge in [0.15, 0.2) is 10.1 Å². The molecule has 35 heavy (non-hydrogen) atoms. The Morgan fingerprint density at radius 3 is 2.69 bits per heavy atom. The van der Waals surface area contributed by atoms with Gasteiger partial charge in [-0.2, -0.15) is 0 Å². The Bertz CT molecular complexity index is 1530. The number of hydrogen-bond donors (Lipinski definition) is 1. The number of carbonyl (C=O) groups excluding carboxylic acids is 1. The maximum atomic E-state index is 13.7. The van der Waals surface area contributed by atoms with Crippen LogP contribution in [0.4, 0.5) is 17.1 Å². The lowest BCUT2D eigenvalue weighted by molar-refractivity contribution is 0.104. The van der Waals surface area contributed by atoms with Crippen LogP contribution in [0.25, 0.3) is 0 Å². The highest BCUT2D eigenvalue weighted by Crippen LogP contribution is 2.43. The van der Waals surface area contributed by atoms with E-state index in [2.05, 4.69) is 15.2 Å². The molecular formula is C26H22N4O3S2. The number of aliphatic imine (C=N–C) groups is 1. The minimum absolute atomic E-state index is 0.136. The fraction of sp³-hybridized carbons (Fsp3) is 0.154. The van der Waals surface area contributed by atoms with Crippen molar-refractivity contribution in [2.45, 2.75) is 18.4 Å². The first kappa shape index (κ1) is 21.9. The van der Waals surface area contributed by atoms with Gasteiger partial charge in [0.05, 0.1) is 24.5 Å². The van der Waals surface area contributed by atoms with E-state index < -0.39 is 15.8 Å². The molecular weight excluding hydrogens is 480 g/mol. The highest BCUT2D eigenvalue weighted by atomic mass is 32.2. The number of aryl methyl sites for hydroxylation is 1. The molecule has 3 aromatic carbocycles. The lowest BCUT2D eigenvalue weighted by Gasteiger charge is -2.31. The standard InChI is InChI=1S/C26H22N4O3S2/c1-17-6-8-18(9-7-17)16-30-21-5-3-2-4-20(21)25(31)24(35(30,32)33)15-28-19-10-11-23-22(14-19)29-13-12-27-26(29)34-23/h2-11,14-15,28H,12-13,16H2,1H3/b24-15+. The molecule has 3 aliphatic rings. The summed E-state index contributed by atoms with van der Waals surface area (Å²) in [6.07, 6.45) is 1.32. The van der Waals surface area contributed by atoms with Gasteiger partial charge < -0.3 is 10.2 Å². The van der Waals surface area contributed by atoms with Crippen LogP contribution in [0, 0.1) is 6.92 Å². The molecule has 3 aliphatic heterocycles. The van der Waals surface area contributed by atoms with E-state index in [4.69, 9.17) is 0 Å². The fourth-order valence-electron chi connectivity index (χ4n) is 4.44. The number of thioether (sulfide) groups is 1. The number of hydrogen-bond acceptors (Lipinski definition) is 7. The summed E-state index contributed by atoms with van der Waals surface area (Å²) in [6, 6.07) is 20.4. The number of ketones is 1. The number of anilines is 3. The SMILES string of the molecule is Cc1ccc(CN2c3ccccc3C(=O)/C(=C\Nc3ccc4c(c3)N3CCN=C3S4)S2(=O)=O)cc1. The average Bonchev–Trinajstić information content (AvgIpc) is 3.44. The number of nitrogens with zero attached hydrogens (tertiary/aromatic N) is 3. The zero-order valence-electron chi connectivity index (χ0n) is 18.9. The van der Waals surface area contributed by atoms with Gasteiger partial charge in [-0.15, -0.1) is 0 Å². The van der Waals surface area contributed by atoms with E-state index >= 15 is 0 Å². The highest BCUT2D eigenvalue weighted by molar-refractivity contribution is 8.14. The van der Waals surface area contributed by atoms with Crippen molar-refractivity contribution in [3.63, 3.8) is 0 Å². The molecule has 0 aliphatic carbocycles. The lowest BCUT2D eigenvalue weighted by Crippen LogP contribution is -2.39. The van der Waals surface area contributed by atoms with Crippen LogP contribution in [0.2, 0.25) is 0 Å². The van der Waals surface area contributed by atoms with Crippen LogP contribution in [0.15, 0.2) is 87.7 Å². The van der Waals surface area contributed by atoms with Crippen LogP contribution in [-0.2, 0) is 16.6 Å². The van der Waals surface area contributed by atoms with Crippen molar-refractivity contribution in [3.05, 3.63) is 94.5 Å². The predicted octanol–water partition coefficient (Wildman–Crippen LogP) is 4.76. The van der Waals surface area contributed by atoms with Crippen LogP contribution >= 0.6 is 11.8 Å². The Morgan fingerprint density at radius 2 is 1.86 bits per heavy atom. The second-order valence-corrected chi connectivity index (χ2v) is 11.4. The van der Waals surface area contributed by atoms with Crippen molar-refractivity contribution in [1.29, 1.82) is 0 Å². The van der Waals surface area contributed by atoms with E-state index in [9.17, 15) is 13.2 Å². The third-order valence-corrected chi connectivity index (χ3v) is 9.14. The summed E-state index contributed by atoms with van der Waals surface area (Å²) in [6.45, 7) is 3.72. The number of amidine groups is 1. The molecule has 0 atom stereocenters. The van der Waals surface area contributed by atoms with Gasteiger partial charge in [-0.25, -0.2) is 8.42 Å². The third-order valence-electron chi connectivity index (χ3n) is 6.28. The Hall–Kier alpha value is -3.56. The number of rotatable bonds is 4. The molecule has 0 fully saturated rings. The third kappa shape index (κ3) is 3.71. The monoisotopic (exact) mass is 502 g/mol. The van der Waals surface area contributed by atoms with Gasteiger partial charge in [0.25, 0.3) is 10.0 Å². The molecule has 7 nitrogen and oxygen atoms in total. The highest BCUT2D eigenvalue weighted by Gasteiger charge is 2.40. The van der Waals surface area contributed by atoms with E-state index in [1.165, 1.54) is 10.5 Å². The molecule has 3 heterocycles. The second-order valence-electron chi connectivity index (χ2n) is 8.60. The summed E-state index contributed by atoms with van der Waals surface area (Å²) in [7, 11) is -4.08. The van der Waals surface area contributed by atoms with E-state index in [1.807, 2.05) is 49.4 Å². The summed E-state index contributed by atoms with van der Waals surface area (Å²) in [5, 5.41) is 4.06. The van der Waals surface area contributed by atoms with Crippen LogP contribution in [-0.4, -0.2) is 32.5 Å². The predicted molar refractivity (Wildman–Crippen MR) is 141 cm³/mol. The number of sulfonamides is 1. The maximum Gasteiger partial charge on any atom is 0.270 e. The zero-order valence-corrected chi connectivity index (χ0v) is 20.6. The molecule has 6 rings (SSSR count). The van der Waals surface area contributed by atoms with Crippen LogP contribution in [0.1, 0.15) is 21.5 Å². The van der Waals surface area contributed by atoms with Crippen LogP contribution < -0.4 is 14.5 Å². The molecule has 176 valence electrons. The normalized spacial score (nSPS) is 18.8. The average molecular weight is 503 g/mol. The molecule has 0 bridgehead atoms. The first-order chi connectivity index (χ1) is 16.9. The van der Waals surface area contributed by atoms with Crippen molar-refractivity contribution in [2.75, 3.05) is 27.6 Å². The lowest BCUT2D eigenvalue weighted by atomic mass is 10.1. The van der Waals surface area contributed by atoms with Crippen molar-refractivity contribution in [3.8, 4) is 0 Å². The number of benzene rings is 3. The molecule has 0 saturated heterocycles. The summed E-state index contributed by atoms with van der Waals surface area (Å²) in [4.78, 5) is 20.8. The van der Waals surface area contributed by atoms with E-state index in [1.54, 1.807) is 36.0 Å². The summed E-state index contributed by atoms with van der Waals surface area (Å²) in [5.41, 5.74) is 4.44. The largest absolute Gasteiger partial charge is 0.360 e. The van der Waals surface area contributed by atoms with Gasteiger partial charge in [-0.05, 0) is 54.6 Å². The maximum absolute atomic E-state index is 13.7. The van der Waals surface area contributed by atoms with Crippen molar-refractivity contribution in [1.82, 2.24) is 0 Å². The van der Waals surface area contributed by atoms with Crippen molar-refractivity contribution >= 4 is 49.8 Å². The van der Waals surface area contributed by atoms with E-state index in [0.29, 0.717) is 16.9 Å². The summed E-state index contributed by atoms with van der Waals surface area (Å²) >= 11 is 1.63. The first-order valence-corrected chi connectivity index (χ1v) is 13.5. The van der Waals surface area contributed by atoms with Gasteiger partial charge in [-0.1, -0.05) is 42.0 Å². The van der Waals surface area contributed by atoms with Gasteiger partial charge >= 0.3 is 0 Å². The van der Waals surface area contributed by atoms with Crippen molar-refractivity contribution in [2.24, 2.45) is 4.99 Å². The van der Waals surface area contributed by atoms with Crippen LogP contribution in [0.3, 0.4) is 0 Å². The topological polar surface area (TPSA) is 82.1 Å². The molecule has 0 radical (unpaired) electrons. The van der Waals surface area contributed by atoms with Gasteiger partial charge in [0, 0.05) is 28.9 Å². The summed E-state index contributed by atoms with van der Waals surface area (Å²) < 4.78 is 28.7. The Balaban J connectivity index is 1.36. The zero-order chi connectivity index (χ0) is 24.2. The molecule has 1 N–H and O–H groups in total. The number of allylic oxidation sites excluding steroid dienone is 1. The summed E-state index contributed by atoms with van der Waals surface area (Å²) in [5.74, 6) is -0.515. The van der Waals surface area contributed by atoms with E-state index in [0.717, 1.165) is 40.0 Å². The number of para-hydroxylation sites is 1. The number of nitrogens with one attached hydrogen (secondary N) is 1. The molecule has 3 aromatic rings. The molecule has 0 spiro atoms. The Morgan fingerprint density at radius 1 is 1.06 bits per heavy atom. The Labute approximate surface area is 208 Å². The number of Topliss-reactive ketones (excluding diaryl/α,β-unsaturated/α-hetero) is 1. The van der Waals surface area contributed by atoms with Gasteiger partial charge in [0.2, 0.25) is 5.78 Å². The van der Waals surface area contributed by atoms with Gasteiger partial charge in [-0.3, -0.25) is 14.1 Å². The number of carbonyl (C=O) groups is 1. The quantitative estimate of drug-likeness (QED) is 0.518. The van der Waals surface area contributed by atoms with Crippen molar-refractivity contribution < 1.29 is 13.2 Å². The molecule has 9 heteroatoms. The fourth-order valence-corrected chi connectivity index (χ4v) is 7.03. The molecule has 0 unspecified atom stereocenters. The smallest absolute Gasteiger partial charge is 0.270 e. The molecule has 0 saturated carbocycles.